The summed E-state index contributed by atoms with van der Waals surface area (Å²) in [7, 11) is 1.39. The van der Waals surface area contributed by atoms with Gasteiger partial charge in [0, 0.05) is 37.9 Å². The molecule has 3 rings (SSSR count). The van der Waals surface area contributed by atoms with E-state index in [-0.39, 0.29) is 35.2 Å². The molecule has 34 heavy (non-hydrogen) atoms. The molecule has 0 radical (unpaired) electrons. The van der Waals surface area contributed by atoms with E-state index in [1.54, 1.807) is 11.8 Å². The van der Waals surface area contributed by atoms with E-state index in [1.807, 2.05) is 36.1 Å². The van der Waals surface area contributed by atoms with Gasteiger partial charge in [-0.2, -0.15) is 0 Å². The second-order valence-electron chi connectivity index (χ2n) is 7.84. The molecule has 1 aliphatic rings. The number of nitro groups is 1. The third kappa shape index (κ3) is 5.82. The first-order valence-electron chi connectivity index (χ1n) is 11.3. The van der Waals surface area contributed by atoms with Gasteiger partial charge in [0.1, 0.15) is 5.56 Å². The smallest absolute Gasteiger partial charge is 0.286 e. The molecule has 0 bridgehead atoms. The Morgan fingerprint density at radius 2 is 1.79 bits per heavy atom. The average Bonchev–Trinajstić information content (AvgIpc) is 2.84. The van der Waals surface area contributed by atoms with E-state index in [1.165, 1.54) is 19.2 Å². The second kappa shape index (κ2) is 11.5. The van der Waals surface area contributed by atoms with Crippen molar-refractivity contribution in [3.05, 3.63) is 57.6 Å². The maximum Gasteiger partial charge on any atom is 0.286 e. The number of hydrogen-bond acceptors (Lipinski definition) is 7. The lowest BCUT2D eigenvalue weighted by Gasteiger charge is -2.34. The minimum atomic E-state index is -0.597. The monoisotopic (exact) mass is 470 g/mol. The number of nitrogens with one attached hydrogen (secondary N) is 1. The summed E-state index contributed by atoms with van der Waals surface area (Å²) in [6.45, 7) is 6.01. The number of methoxy groups -OCH3 is 1. The first kappa shape index (κ1) is 25.0. The number of carbonyl (C=O) groups excluding carboxylic acids is 2. The van der Waals surface area contributed by atoms with Crippen LogP contribution in [0.1, 0.15) is 29.8 Å². The summed E-state index contributed by atoms with van der Waals surface area (Å²) < 4.78 is 10.7. The van der Waals surface area contributed by atoms with Gasteiger partial charge < -0.3 is 19.7 Å². The van der Waals surface area contributed by atoms with Crippen LogP contribution in [-0.4, -0.2) is 73.0 Å². The lowest BCUT2D eigenvalue weighted by Crippen LogP contribution is -2.50. The van der Waals surface area contributed by atoms with Crippen molar-refractivity contribution in [3.8, 4) is 11.5 Å². The topological polar surface area (TPSA) is 114 Å². The summed E-state index contributed by atoms with van der Waals surface area (Å²) >= 11 is 0. The van der Waals surface area contributed by atoms with Gasteiger partial charge in [-0.1, -0.05) is 25.1 Å². The Hall–Kier alpha value is -3.66. The summed E-state index contributed by atoms with van der Waals surface area (Å²) in [4.78, 5) is 40.2. The van der Waals surface area contributed by atoms with Crippen LogP contribution in [0.5, 0.6) is 11.5 Å². The number of piperazine rings is 1. The zero-order chi connectivity index (χ0) is 24.7. The summed E-state index contributed by atoms with van der Waals surface area (Å²) in [6, 6.07) is 10.3. The number of para-hydroxylation sites is 1. The Bertz CT molecular complexity index is 1050. The number of hydrogen-bond donors (Lipinski definition) is 1. The number of benzene rings is 2. The molecule has 1 aliphatic heterocycles. The molecule has 2 aromatic carbocycles. The van der Waals surface area contributed by atoms with Crippen molar-refractivity contribution in [2.75, 3.05) is 51.8 Å². The highest BCUT2D eigenvalue weighted by molar-refractivity contribution is 5.99. The van der Waals surface area contributed by atoms with Crippen LogP contribution in [0.2, 0.25) is 0 Å². The molecule has 10 nitrogen and oxygen atoms in total. The molecule has 1 N–H and O–H groups in total. The largest absolute Gasteiger partial charge is 0.493 e. The molecule has 0 saturated carbocycles. The fraction of sp³-hybridized carbons (Fsp3) is 0.417. The molecule has 0 aliphatic carbocycles. The molecular formula is C24H30N4O6. The number of nitrogens with zero attached hydrogens (tertiary/aromatic N) is 3. The van der Waals surface area contributed by atoms with Crippen LogP contribution in [0, 0.1) is 10.1 Å². The molecule has 0 unspecified atom stereocenters. The number of aryl methyl sites for hydroxylation is 1. The van der Waals surface area contributed by atoms with Crippen LogP contribution >= 0.6 is 0 Å². The molecule has 1 heterocycles. The van der Waals surface area contributed by atoms with Crippen molar-refractivity contribution in [1.82, 2.24) is 9.80 Å². The highest BCUT2D eigenvalue weighted by Crippen LogP contribution is 2.35. The Balaban J connectivity index is 1.64. The quantitative estimate of drug-likeness (QED) is 0.443. The van der Waals surface area contributed by atoms with Gasteiger partial charge in [-0.05, 0) is 25.0 Å². The summed E-state index contributed by atoms with van der Waals surface area (Å²) in [5, 5.41) is 14.6. The molecule has 1 fully saturated rings. The molecule has 0 spiro atoms. The summed E-state index contributed by atoms with van der Waals surface area (Å²) in [6.07, 6.45) is 0.819. The SMILES string of the molecule is CCOc1cc(C(=O)N2CCN(CC(=O)Nc3ccccc3CC)CC2)c([N+](=O)[O-])cc1OC. The first-order chi connectivity index (χ1) is 16.4. The van der Waals surface area contributed by atoms with Gasteiger partial charge in [0.2, 0.25) is 5.91 Å². The highest BCUT2D eigenvalue weighted by atomic mass is 16.6. The highest BCUT2D eigenvalue weighted by Gasteiger charge is 2.30. The van der Waals surface area contributed by atoms with E-state index < -0.39 is 10.8 Å². The van der Waals surface area contributed by atoms with Crippen LogP contribution in [0.3, 0.4) is 0 Å². The Morgan fingerprint density at radius 3 is 2.41 bits per heavy atom. The van der Waals surface area contributed by atoms with Gasteiger partial charge in [-0.25, -0.2) is 0 Å². The number of ether oxygens (including phenoxy) is 2. The predicted molar refractivity (Wildman–Crippen MR) is 128 cm³/mol. The standard InChI is InChI=1S/C24H30N4O6/c1-4-17-8-6-7-9-19(17)25-23(29)16-26-10-12-27(13-11-26)24(30)18-14-22(34-5-2)21(33-3)15-20(18)28(31)32/h6-9,14-15H,4-5,10-13,16H2,1-3H3,(H,25,29). The molecule has 182 valence electrons. The fourth-order valence-electron chi connectivity index (χ4n) is 3.92. The first-order valence-corrected chi connectivity index (χ1v) is 11.3. The van der Waals surface area contributed by atoms with Crippen molar-refractivity contribution in [2.45, 2.75) is 20.3 Å². The zero-order valence-corrected chi connectivity index (χ0v) is 19.7. The molecule has 0 aromatic heterocycles. The Kier molecular flexibility index (Phi) is 8.42. The molecular weight excluding hydrogens is 440 g/mol. The predicted octanol–water partition coefficient (Wildman–Crippen LogP) is 2.96. The third-order valence-electron chi connectivity index (χ3n) is 5.71. The van der Waals surface area contributed by atoms with Gasteiger partial charge in [-0.15, -0.1) is 0 Å². The Morgan fingerprint density at radius 1 is 1.09 bits per heavy atom. The molecule has 10 heteroatoms. The van der Waals surface area contributed by atoms with E-state index in [9.17, 15) is 19.7 Å². The van der Waals surface area contributed by atoms with Gasteiger partial charge in [0.25, 0.3) is 11.6 Å². The normalized spacial score (nSPS) is 13.9. The number of nitro benzene ring substituents is 1. The van der Waals surface area contributed by atoms with Gasteiger partial charge in [0.15, 0.2) is 11.5 Å². The lowest BCUT2D eigenvalue weighted by molar-refractivity contribution is -0.385. The van der Waals surface area contributed by atoms with E-state index in [0.29, 0.717) is 32.8 Å². The van der Waals surface area contributed by atoms with Gasteiger partial charge >= 0.3 is 0 Å². The van der Waals surface area contributed by atoms with Gasteiger partial charge in [-0.3, -0.25) is 24.6 Å². The van der Waals surface area contributed by atoms with Gasteiger partial charge in [0.05, 0.1) is 31.3 Å². The molecule has 2 aromatic rings. The van der Waals surface area contributed by atoms with E-state index in [4.69, 9.17) is 9.47 Å². The lowest BCUT2D eigenvalue weighted by atomic mass is 10.1. The Labute approximate surface area is 198 Å². The zero-order valence-electron chi connectivity index (χ0n) is 19.7. The number of rotatable bonds is 9. The minimum Gasteiger partial charge on any atom is -0.493 e. The molecule has 0 atom stereocenters. The van der Waals surface area contributed by atoms with E-state index >= 15 is 0 Å². The van der Waals surface area contributed by atoms with Crippen LogP contribution in [0.15, 0.2) is 36.4 Å². The minimum absolute atomic E-state index is 0.0448. The van der Waals surface area contributed by atoms with Crippen LogP contribution < -0.4 is 14.8 Å². The van der Waals surface area contributed by atoms with Crippen molar-refractivity contribution in [1.29, 1.82) is 0 Å². The summed E-state index contributed by atoms with van der Waals surface area (Å²) in [5.41, 5.74) is 1.50. The van der Waals surface area contributed by atoms with E-state index in [2.05, 4.69) is 5.32 Å². The van der Waals surface area contributed by atoms with Crippen LogP contribution in [0.4, 0.5) is 11.4 Å². The number of carbonyl (C=O) groups is 2. The second-order valence-corrected chi connectivity index (χ2v) is 7.84. The maximum absolute atomic E-state index is 13.1. The molecule has 1 saturated heterocycles. The molecule has 2 amide bonds. The van der Waals surface area contributed by atoms with E-state index in [0.717, 1.165) is 17.7 Å². The van der Waals surface area contributed by atoms with Crippen molar-refractivity contribution in [2.24, 2.45) is 0 Å². The fourth-order valence-corrected chi connectivity index (χ4v) is 3.92. The van der Waals surface area contributed by atoms with Crippen molar-refractivity contribution < 1.29 is 24.0 Å². The van der Waals surface area contributed by atoms with Crippen LogP contribution in [0.25, 0.3) is 0 Å². The number of amides is 2. The summed E-state index contributed by atoms with van der Waals surface area (Å²) in [5.74, 6) is -0.0868. The van der Waals surface area contributed by atoms with Crippen LogP contribution in [-0.2, 0) is 11.2 Å². The van der Waals surface area contributed by atoms with Crippen molar-refractivity contribution >= 4 is 23.2 Å². The third-order valence-corrected chi connectivity index (χ3v) is 5.71. The van der Waals surface area contributed by atoms with Crippen molar-refractivity contribution in [3.63, 3.8) is 0 Å². The average molecular weight is 471 g/mol. The maximum atomic E-state index is 13.1. The number of anilines is 1.